The maximum Gasteiger partial charge on any atom is 0.336 e. The van der Waals surface area contributed by atoms with E-state index in [1.807, 2.05) is 0 Å². The van der Waals surface area contributed by atoms with Crippen molar-refractivity contribution in [1.29, 1.82) is 0 Å². The molecule has 0 bridgehead atoms. The van der Waals surface area contributed by atoms with Gasteiger partial charge in [0.1, 0.15) is 0 Å². The Morgan fingerprint density at radius 1 is 0.962 bits per heavy atom. The molecule has 8 heteroatoms. The lowest BCUT2D eigenvalue weighted by Crippen LogP contribution is -2.32. The second-order valence-electron chi connectivity index (χ2n) is 5.62. The van der Waals surface area contributed by atoms with Crippen LogP contribution in [0.15, 0.2) is 46.8 Å². The van der Waals surface area contributed by atoms with Gasteiger partial charge in [0.25, 0.3) is 4.92 Å². The van der Waals surface area contributed by atoms with E-state index >= 15 is 0 Å². The maximum absolute atomic E-state index is 12.5. The number of hydrogen-bond donors (Lipinski definition) is 1. The summed E-state index contributed by atoms with van der Waals surface area (Å²) in [5.74, 6) is -2.07. The van der Waals surface area contributed by atoms with Crippen LogP contribution in [0.5, 0.6) is 0 Å². The summed E-state index contributed by atoms with van der Waals surface area (Å²) in [4.78, 5) is 42.1. The molecule has 26 heavy (non-hydrogen) atoms. The average Bonchev–Trinajstić information content (AvgIpc) is 2.65. The number of allylic oxidation sites excluding steroid dienone is 2. The van der Waals surface area contributed by atoms with Gasteiger partial charge in [-0.1, -0.05) is 18.2 Å². The summed E-state index contributed by atoms with van der Waals surface area (Å²) in [6, 6.07) is 6.56. The molecule has 1 heterocycles. The Hall–Kier alpha value is -3.16. The maximum atomic E-state index is 12.5. The number of dihydropyridines is 1. The summed E-state index contributed by atoms with van der Waals surface area (Å²) in [5, 5.41) is 3.01. The molecule has 2 rings (SSSR count). The van der Waals surface area contributed by atoms with E-state index in [0.29, 0.717) is 21.9 Å². The van der Waals surface area contributed by atoms with E-state index in [1.165, 1.54) is 21.3 Å². The smallest absolute Gasteiger partial charge is 0.336 e. The minimum Gasteiger partial charge on any atom is -0.466 e. The van der Waals surface area contributed by atoms with E-state index < -0.39 is 17.9 Å². The molecule has 8 nitrogen and oxygen atoms in total. The summed E-state index contributed by atoms with van der Waals surface area (Å²) in [5.41, 5.74) is 2.08. The lowest BCUT2D eigenvalue weighted by atomic mass is 9.79. The number of benzene rings is 1. The highest BCUT2D eigenvalue weighted by Gasteiger charge is 2.41. The molecule has 0 saturated heterocycles. The molecular formula is C18H21N2O6+. The third kappa shape index (κ3) is 3.30. The number of carbonyl (C=O) groups excluding carboxylic acids is 2. The number of hydrogen-bond acceptors (Lipinski definition) is 7. The molecule has 0 spiro atoms. The Kier molecular flexibility index (Phi) is 5.76. The third-order valence-corrected chi connectivity index (χ3v) is 4.18. The number of para-hydroxylation sites is 1. The van der Waals surface area contributed by atoms with Crippen molar-refractivity contribution in [2.24, 2.45) is 0 Å². The van der Waals surface area contributed by atoms with Crippen molar-refractivity contribution in [2.75, 3.05) is 21.3 Å². The van der Waals surface area contributed by atoms with E-state index in [9.17, 15) is 14.5 Å². The van der Waals surface area contributed by atoms with Gasteiger partial charge in [0.05, 0.1) is 36.2 Å². The number of nitrogens with one attached hydrogen (secondary N) is 1. The molecule has 1 aromatic rings. The largest absolute Gasteiger partial charge is 0.466 e. The van der Waals surface area contributed by atoms with Gasteiger partial charge in [-0.25, -0.2) is 14.4 Å². The molecule has 138 valence electrons. The van der Waals surface area contributed by atoms with Crippen LogP contribution in [0.2, 0.25) is 0 Å². The standard InChI is InChI=1S/C18H20N2O6/c1-10-14(17(21)24-3)16(15(11(2)19-10)18(22)25-4)12-8-6-7-9-13(12)20(23)26-5/h6-9,16H,1-5H3/p+1. The summed E-state index contributed by atoms with van der Waals surface area (Å²) in [6.07, 6.45) is 0. The van der Waals surface area contributed by atoms with Gasteiger partial charge in [-0.3, -0.25) is 0 Å². The minimum atomic E-state index is -0.848. The highest BCUT2D eigenvalue weighted by Crippen LogP contribution is 2.42. The van der Waals surface area contributed by atoms with Crippen molar-refractivity contribution in [3.8, 4) is 0 Å². The van der Waals surface area contributed by atoms with Crippen LogP contribution >= 0.6 is 0 Å². The van der Waals surface area contributed by atoms with Gasteiger partial charge in [-0.2, -0.15) is 0 Å². The monoisotopic (exact) mass is 361 g/mol. The van der Waals surface area contributed by atoms with Crippen LogP contribution in [-0.2, 0) is 23.9 Å². The van der Waals surface area contributed by atoms with Gasteiger partial charge in [-0.05, 0) is 13.8 Å². The van der Waals surface area contributed by atoms with Gasteiger partial charge < -0.3 is 14.8 Å². The first-order chi connectivity index (χ1) is 12.4. The molecule has 0 saturated carbocycles. The Bertz CT molecular complexity index is 787. The van der Waals surface area contributed by atoms with Crippen molar-refractivity contribution in [3.05, 3.63) is 57.3 Å². The van der Waals surface area contributed by atoms with Crippen molar-refractivity contribution >= 4 is 17.6 Å². The van der Waals surface area contributed by atoms with Crippen molar-refractivity contribution in [3.63, 3.8) is 0 Å². The minimum absolute atomic E-state index is 0.172. The fourth-order valence-corrected chi connectivity index (χ4v) is 3.06. The van der Waals surface area contributed by atoms with Gasteiger partial charge in [0.15, 0.2) is 7.11 Å². The predicted octanol–water partition coefficient (Wildman–Crippen LogP) is 2.24. The first-order valence-corrected chi connectivity index (χ1v) is 7.82. The zero-order valence-electron chi connectivity index (χ0n) is 15.3. The molecule has 0 fully saturated rings. The number of methoxy groups -OCH3 is 2. The number of rotatable bonds is 5. The highest BCUT2D eigenvalue weighted by molar-refractivity contribution is 6.00. The number of carbonyl (C=O) groups is 2. The highest BCUT2D eigenvalue weighted by atomic mass is 16.8. The first kappa shape index (κ1) is 19.2. The molecule has 0 aromatic heterocycles. The van der Waals surface area contributed by atoms with Gasteiger partial charge in [0.2, 0.25) is 0 Å². The Morgan fingerprint density at radius 2 is 1.46 bits per heavy atom. The molecule has 1 aromatic carbocycles. The van der Waals surface area contributed by atoms with Crippen LogP contribution in [0.3, 0.4) is 0 Å². The fourth-order valence-electron chi connectivity index (χ4n) is 3.06. The molecule has 0 radical (unpaired) electrons. The summed E-state index contributed by atoms with van der Waals surface area (Å²) in [7, 11) is 3.74. The van der Waals surface area contributed by atoms with Gasteiger partial charge >= 0.3 is 17.6 Å². The molecule has 0 amide bonds. The zero-order chi connectivity index (χ0) is 19.4. The van der Waals surface area contributed by atoms with E-state index in [0.717, 1.165) is 0 Å². The number of esters is 2. The molecule has 1 aliphatic rings. The zero-order valence-corrected chi connectivity index (χ0v) is 15.3. The SMILES string of the molecule is COC(=O)C1=C(C)NC(C)=C(C(=O)OC)C1c1ccccc1[N+](=O)OC. The topological polar surface area (TPSA) is 93.9 Å². The third-order valence-electron chi connectivity index (χ3n) is 4.18. The summed E-state index contributed by atoms with van der Waals surface area (Å²) in [6.45, 7) is 3.40. The molecule has 1 aliphatic heterocycles. The van der Waals surface area contributed by atoms with Crippen LogP contribution in [0, 0.1) is 4.91 Å². The van der Waals surface area contributed by atoms with Crippen LogP contribution in [-0.4, -0.2) is 38.2 Å². The normalized spacial score (nSPS) is 14.7. The van der Waals surface area contributed by atoms with E-state index in [2.05, 4.69) is 5.32 Å². The molecule has 0 atom stereocenters. The van der Waals surface area contributed by atoms with Crippen LogP contribution in [0.4, 0.5) is 5.69 Å². The Balaban J connectivity index is 2.80. The van der Waals surface area contributed by atoms with Crippen LogP contribution in [0.1, 0.15) is 25.3 Å². The summed E-state index contributed by atoms with van der Waals surface area (Å²) < 4.78 is 9.80. The van der Waals surface area contributed by atoms with Gasteiger partial charge in [0, 0.05) is 23.0 Å². The molecule has 0 unspecified atom stereocenters. The van der Waals surface area contributed by atoms with E-state index in [-0.39, 0.29) is 16.8 Å². The average molecular weight is 361 g/mol. The second kappa shape index (κ2) is 7.81. The Labute approximate surface area is 150 Å². The molecular weight excluding hydrogens is 340 g/mol. The Morgan fingerprint density at radius 3 is 1.92 bits per heavy atom. The molecule has 0 aliphatic carbocycles. The van der Waals surface area contributed by atoms with E-state index in [1.54, 1.807) is 38.1 Å². The van der Waals surface area contributed by atoms with Gasteiger partial charge in [-0.15, -0.1) is 0 Å². The van der Waals surface area contributed by atoms with E-state index in [4.69, 9.17) is 14.3 Å². The lowest BCUT2D eigenvalue weighted by Gasteiger charge is -2.29. The number of nitrogens with zero attached hydrogens (tertiary/aromatic N) is 1. The van der Waals surface area contributed by atoms with Crippen molar-refractivity contribution < 1.29 is 28.8 Å². The number of ether oxygens (including phenoxy) is 2. The first-order valence-electron chi connectivity index (χ1n) is 7.82. The van der Waals surface area contributed by atoms with Crippen LogP contribution in [0.25, 0.3) is 0 Å². The lowest BCUT2D eigenvalue weighted by molar-refractivity contribution is -0.737. The predicted molar refractivity (Wildman–Crippen MR) is 92.0 cm³/mol. The quantitative estimate of drug-likeness (QED) is 0.635. The summed E-state index contributed by atoms with van der Waals surface area (Å²) >= 11 is 0. The molecule has 1 N–H and O–H groups in total. The second-order valence-corrected chi connectivity index (χ2v) is 5.62. The fraction of sp³-hybridized carbons (Fsp3) is 0.333. The van der Waals surface area contributed by atoms with Crippen LogP contribution < -0.4 is 5.32 Å². The van der Waals surface area contributed by atoms with Crippen molar-refractivity contribution in [2.45, 2.75) is 19.8 Å². The van der Waals surface area contributed by atoms with Crippen molar-refractivity contribution in [1.82, 2.24) is 5.32 Å².